The Hall–Kier alpha value is -1.55. The zero-order valence-corrected chi connectivity index (χ0v) is 10.9. The van der Waals surface area contributed by atoms with Gasteiger partial charge in [-0.15, -0.1) is 0 Å². The molecule has 0 N–H and O–H groups in total. The van der Waals surface area contributed by atoms with Crippen LogP contribution in [-0.2, 0) is 6.54 Å². The second-order valence-electron chi connectivity index (χ2n) is 4.55. The van der Waals surface area contributed by atoms with Crippen molar-refractivity contribution in [1.82, 2.24) is 9.97 Å². The quantitative estimate of drug-likeness (QED) is 0.795. The smallest absolute Gasteiger partial charge is 0.137 e. The molecule has 3 rings (SSSR count). The minimum atomic E-state index is 0.519. The first-order valence-electron chi connectivity index (χ1n) is 6.02. The average molecular weight is 264 g/mol. The highest BCUT2D eigenvalue weighted by Crippen LogP contribution is 2.34. The van der Waals surface area contributed by atoms with Crippen LogP contribution in [0.5, 0.6) is 0 Å². The molecule has 0 amide bonds. The predicted octanol–water partition coefficient (Wildman–Crippen LogP) is 3.20. The van der Waals surface area contributed by atoms with Gasteiger partial charge in [0, 0.05) is 11.6 Å². The summed E-state index contributed by atoms with van der Waals surface area (Å²) in [7, 11) is 0. The molecule has 0 radical (unpaired) electrons. The van der Waals surface area contributed by atoms with Crippen molar-refractivity contribution in [3.05, 3.63) is 41.2 Å². The first-order valence-corrected chi connectivity index (χ1v) is 6.39. The molecule has 94 valence electrons. The van der Waals surface area contributed by atoms with Gasteiger partial charge in [-0.25, -0.2) is 9.97 Å². The Kier molecular flexibility index (Phi) is 2.96. The maximum absolute atomic E-state index is 6.06. The highest BCUT2D eigenvalue weighted by atomic mass is 35.5. The van der Waals surface area contributed by atoms with E-state index in [1.165, 1.54) is 19.2 Å². The molecule has 0 atom stereocenters. The Morgan fingerprint density at radius 2 is 2.28 bits per heavy atom. The van der Waals surface area contributed by atoms with Gasteiger partial charge in [-0.1, -0.05) is 11.6 Å². The van der Waals surface area contributed by atoms with E-state index in [1.807, 2.05) is 19.1 Å². The fraction of sp³-hybridized carbons (Fsp3) is 0.385. The molecule has 1 aliphatic carbocycles. The number of halogens is 1. The summed E-state index contributed by atoms with van der Waals surface area (Å²) in [6.45, 7) is 2.68. The van der Waals surface area contributed by atoms with E-state index in [1.54, 1.807) is 6.26 Å². The minimum Gasteiger partial charge on any atom is -0.467 e. The van der Waals surface area contributed by atoms with E-state index in [2.05, 4.69) is 14.9 Å². The molecule has 2 heterocycles. The van der Waals surface area contributed by atoms with Crippen LogP contribution in [0.15, 0.2) is 29.1 Å². The van der Waals surface area contributed by atoms with Crippen LogP contribution in [-0.4, -0.2) is 16.0 Å². The Morgan fingerprint density at radius 1 is 1.44 bits per heavy atom. The van der Waals surface area contributed by atoms with Gasteiger partial charge in [0.25, 0.3) is 0 Å². The van der Waals surface area contributed by atoms with Crippen molar-refractivity contribution in [2.24, 2.45) is 0 Å². The predicted molar refractivity (Wildman–Crippen MR) is 69.7 cm³/mol. The van der Waals surface area contributed by atoms with Crippen LogP contribution in [0.25, 0.3) is 0 Å². The van der Waals surface area contributed by atoms with Crippen molar-refractivity contribution in [2.45, 2.75) is 32.4 Å². The van der Waals surface area contributed by atoms with Crippen molar-refractivity contribution in [3.63, 3.8) is 0 Å². The third kappa shape index (κ3) is 2.20. The number of anilines is 1. The average Bonchev–Trinajstić information content (AvgIpc) is 3.08. The molecule has 1 aliphatic rings. The number of rotatable bonds is 4. The maximum atomic E-state index is 6.06. The lowest BCUT2D eigenvalue weighted by Gasteiger charge is -2.24. The minimum absolute atomic E-state index is 0.519. The second-order valence-corrected chi connectivity index (χ2v) is 4.91. The van der Waals surface area contributed by atoms with Crippen molar-refractivity contribution < 1.29 is 4.42 Å². The highest BCUT2D eigenvalue weighted by molar-refractivity contribution is 6.30. The Morgan fingerprint density at radius 3 is 2.94 bits per heavy atom. The van der Waals surface area contributed by atoms with E-state index in [0.717, 1.165) is 23.7 Å². The van der Waals surface area contributed by atoms with Gasteiger partial charge in [0.05, 0.1) is 12.8 Å². The van der Waals surface area contributed by atoms with E-state index >= 15 is 0 Å². The van der Waals surface area contributed by atoms with Gasteiger partial charge in [0.1, 0.15) is 23.1 Å². The molecule has 0 saturated heterocycles. The van der Waals surface area contributed by atoms with Crippen LogP contribution < -0.4 is 4.90 Å². The van der Waals surface area contributed by atoms with Crippen LogP contribution in [0.1, 0.15) is 24.2 Å². The van der Waals surface area contributed by atoms with E-state index in [9.17, 15) is 0 Å². The van der Waals surface area contributed by atoms with Crippen LogP contribution in [0.3, 0.4) is 0 Å². The summed E-state index contributed by atoms with van der Waals surface area (Å²) >= 11 is 6.06. The lowest BCUT2D eigenvalue weighted by Crippen LogP contribution is -2.26. The summed E-state index contributed by atoms with van der Waals surface area (Å²) in [4.78, 5) is 10.6. The molecule has 0 bridgehead atoms. The van der Waals surface area contributed by atoms with Gasteiger partial charge in [-0.05, 0) is 31.9 Å². The van der Waals surface area contributed by atoms with Gasteiger partial charge >= 0.3 is 0 Å². The molecule has 0 unspecified atom stereocenters. The number of nitrogens with zero attached hydrogens (tertiary/aromatic N) is 3. The fourth-order valence-electron chi connectivity index (χ4n) is 2.04. The summed E-state index contributed by atoms with van der Waals surface area (Å²) < 4.78 is 5.42. The molecule has 5 heteroatoms. The Balaban J connectivity index is 1.91. The van der Waals surface area contributed by atoms with Crippen molar-refractivity contribution >= 4 is 17.4 Å². The van der Waals surface area contributed by atoms with Crippen molar-refractivity contribution in [2.75, 3.05) is 4.90 Å². The molecule has 0 spiro atoms. The van der Waals surface area contributed by atoms with E-state index < -0.39 is 0 Å². The standard InChI is InChI=1S/C13H14ClN3O/c1-9-12(14)15-8-16-13(9)17(10-4-5-10)7-11-3-2-6-18-11/h2-3,6,8,10H,4-5,7H2,1H3. The van der Waals surface area contributed by atoms with Crippen LogP contribution in [0.4, 0.5) is 5.82 Å². The van der Waals surface area contributed by atoms with Gasteiger partial charge < -0.3 is 9.32 Å². The molecule has 1 fully saturated rings. The summed E-state index contributed by atoms with van der Waals surface area (Å²) in [5, 5.41) is 0.519. The van der Waals surface area contributed by atoms with Gasteiger partial charge in [0.2, 0.25) is 0 Å². The number of furan rings is 1. The lowest BCUT2D eigenvalue weighted by molar-refractivity contribution is 0.500. The molecule has 0 aliphatic heterocycles. The summed E-state index contributed by atoms with van der Waals surface area (Å²) in [6.07, 6.45) is 5.60. The number of aromatic nitrogens is 2. The fourth-order valence-corrected chi connectivity index (χ4v) is 2.17. The third-order valence-corrected chi connectivity index (χ3v) is 3.54. The van der Waals surface area contributed by atoms with E-state index in [-0.39, 0.29) is 0 Å². The Labute approximate surface area is 111 Å². The Bertz CT molecular complexity index is 537. The van der Waals surface area contributed by atoms with Crippen LogP contribution in [0.2, 0.25) is 5.15 Å². The van der Waals surface area contributed by atoms with Crippen LogP contribution >= 0.6 is 11.6 Å². The number of hydrogen-bond acceptors (Lipinski definition) is 4. The highest BCUT2D eigenvalue weighted by Gasteiger charge is 2.31. The molecular formula is C13H14ClN3O. The first-order chi connectivity index (χ1) is 8.75. The summed E-state index contributed by atoms with van der Waals surface area (Å²) in [5.74, 6) is 1.85. The van der Waals surface area contributed by atoms with Gasteiger partial charge in [0.15, 0.2) is 0 Å². The topological polar surface area (TPSA) is 42.2 Å². The third-order valence-electron chi connectivity index (χ3n) is 3.16. The molecule has 4 nitrogen and oxygen atoms in total. The molecule has 0 aromatic carbocycles. The zero-order valence-electron chi connectivity index (χ0n) is 10.1. The number of hydrogen-bond donors (Lipinski definition) is 0. The first kappa shape index (κ1) is 11.5. The second kappa shape index (κ2) is 4.61. The van der Waals surface area contributed by atoms with Crippen molar-refractivity contribution in [3.8, 4) is 0 Å². The molecule has 2 aromatic rings. The molecular weight excluding hydrogens is 250 g/mol. The van der Waals surface area contributed by atoms with E-state index in [4.69, 9.17) is 16.0 Å². The van der Waals surface area contributed by atoms with Gasteiger partial charge in [-0.2, -0.15) is 0 Å². The van der Waals surface area contributed by atoms with Gasteiger partial charge in [-0.3, -0.25) is 0 Å². The summed E-state index contributed by atoms with van der Waals surface area (Å²) in [5.41, 5.74) is 0.928. The molecule has 18 heavy (non-hydrogen) atoms. The normalized spacial score (nSPS) is 14.8. The largest absolute Gasteiger partial charge is 0.467 e. The monoisotopic (exact) mass is 263 g/mol. The maximum Gasteiger partial charge on any atom is 0.137 e. The lowest BCUT2D eigenvalue weighted by atomic mass is 10.3. The zero-order chi connectivity index (χ0) is 12.5. The molecule has 1 saturated carbocycles. The van der Waals surface area contributed by atoms with E-state index in [0.29, 0.717) is 11.2 Å². The van der Waals surface area contributed by atoms with Crippen molar-refractivity contribution in [1.29, 1.82) is 0 Å². The van der Waals surface area contributed by atoms with Crippen LogP contribution in [0, 0.1) is 6.92 Å². The molecule has 2 aromatic heterocycles. The SMILES string of the molecule is Cc1c(Cl)ncnc1N(Cc1ccco1)C1CC1. The summed E-state index contributed by atoms with van der Waals surface area (Å²) in [6, 6.07) is 4.42.